The molecule has 0 bridgehead atoms. The van der Waals surface area contributed by atoms with Gasteiger partial charge in [0.25, 0.3) is 5.91 Å². The number of benzene rings is 2. The van der Waals surface area contributed by atoms with Crippen molar-refractivity contribution in [3.05, 3.63) is 77.6 Å². The number of carbonyl (C=O) groups excluding carboxylic acids is 1. The molecule has 0 radical (unpaired) electrons. The second-order valence-corrected chi connectivity index (χ2v) is 5.90. The first kappa shape index (κ1) is 16.0. The first-order valence-corrected chi connectivity index (χ1v) is 8.25. The molecule has 130 valence electrons. The molecule has 0 unspecified atom stereocenters. The van der Waals surface area contributed by atoms with Gasteiger partial charge in [-0.25, -0.2) is 5.84 Å². The molecule has 0 spiro atoms. The number of nitrogens with two attached hydrogens (primary N) is 1. The van der Waals surface area contributed by atoms with Crippen LogP contribution in [0.3, 0.4) is 0 Å². The van der Waals surface area contributed by atoms with E-state index in [1.807, 2.05) is 60.8 Å². The Balaban J connectivity index is 1.76. The molecule has 0 saturated heterocycles. The van der Waals surface area contributed by atoms with Crippen LogP contribution in [0.25, 0.3) is 17.3 Å². The number of fused-ring (bicyclic) bond motifs is 1. The molecule has 2 heterocycles. The van der Waals surface area contributed by atoms with Crippen molar-refractivity contribution in [3.8, 4) is 22.8 Å². The number of H-pyrrole nitrogens is 1. The number of aromatic amines is 1. The van der Waals surface area contributed by atoms with E-state index in [-0.39, 0.29) is 5.91 Å². The van der Waals surface area contributed by atoms with Gasteiger partial charge in [-0.15, -0.1) is 0 Å². The predicted molar refractivity (Wildman–Crippen MR) is 99.9 cm³/mol. The second-order valence-electron chi connectivity index (χ2n) is 5.90. The zero-order valence-corrected chi connectivity index (χ0v) is 14.0. The lowest BCUT2D eigenvalue weighted by Crippen LogP contribution is -2.37. The van der Waals surface area contributed by atoms with Crippen molar-refractivity contribution in [2.45, 2.75) is 6.54 Å². The van der Waals surface area contributed by atoms with E-state index in [1.165, 1.54) is 0 Å². The van der Waals surface area contributed by atoms with E-state index in [0.717, 1.165) is 33.9 Å². The molecule has 5 N–H and O–H groups in total. The Kier molecular flexibility index (Phi) is 4.17. The summed E-state index contributed by atoms with van der Waals surface area (Å²) in [5.41, 5.74) is 6.43. The second kappa shape index (κ2) is 6.78. The van der Waals surface area contributed by atoms with Gasteiger partial charge in [0.05, 0.1) is 5.69 Å². The molecule has 3 aromatic rings. The lowest BCUT2D eigenvalue weighted by Gasteiger charge is -2.16. The number of carbonyl (C=O) groups is 1. The summed E-state index contributed by atoms with van der Waals surface area (Å²) in [6.07, 6.45) is 3.73. The summed E-state index contributed by atoms with van der Waals surface area (Å²) in [4.78, 5) is 15.2. The van der Waals surface area contributed by atoms with Crippen LogP contribution in [0.2, 0.25) is 0 Å². The lowest BCUT2D eigenvalue weighted by molar-refractivity contribution is -0.117. The Hall–Kier alpha value is -3.51. The number of para-hydroxylation sites is 2. The highest BCUT2D eigenvalue weighted by Crippen LogP contribution is 2.37. The van der Waals surface area contributed by atoms with Crippen LogP contribution in [-0.4, -0.2) is 10.9 Å². The highest BCUT2D eigenvalue weighted by atomic mass is 16.5. The van der Waals surface area contributed by atoms with Crippen molar-refractivity contribution in [1.29, 1.82) is 0 Å². The third-order valence-electron chi connectivity index (χ3n) is 4.27. The molecule has 1 aliphatic rings. The fourth-order valence-corrected chi connectivity index (χ4v) is 3.00. The summed E-state index contributed by atoms with van der Waals surface area (Å²) >= 11 is 0. The van der Waals surface area contributed by atoms with Crippen molar-refractivity contribution in [1.82, 2.24) is 15.7 Å². The first-order valence-electron chi connectivity index (χ1n) is 8.25. The number of aromatic nitrogens is 1. The molecular weight excluding hydrogens is 328 g/mol. The van der Waals surface area contributed by atoms with Crippen molar-refractivity contribution in [2.24, 2.45) is 5.84 Å². The SMILES string of the molecule is NNC(=O)C1=Cc2c(c[nH]c2-c2ccccc2Oc2ccccc2)CN1. The highest BCUT2D eigenvalue weighted by Gasteiger charge is 2.21. The van der Waals surface area contributed by atoms with Crippen molar-refractivity contribution in [2.75, 3.05) is 0 Å². The van der Waals surface area contributed by atoms with Crippen LogP contribution >= 0.6 is 0 Å². The quantitative estimate of drug-likeness (QED) is 0.332. The van der Waals surface area contributed by atoms with Gasteiger partial charge in [-0.2, -0.15) is 0 Å². The number of hydrogen-bond acceptors (Lipinski definition) is 4. The molecule has 1 aromatic heterocycles. The summed E-state index contributed by atoms with van der Waals surface area (Å²) in [5.74, 6) is 6.40. The Morgan fingerprint density at radius 3 is 2.65 bits per heavy atom. The van der Waals surface area contributed by atoms with E-state index < -0.39 is 0 Å². The molecule has 0 aliphatic carbocycles. The Bertz CT molecular complexity index is 976. The minimum atomic E-state index is -0.350. The molecule has 1 aliphatic heterocycles. The summed E-state index contributed by atoms with van der Waals surface area (Å²) in [6, 6.07) is 17.4. The third-order valence-corrected chi connectivity index (χ3v) is 4.27. The van der Waals surface area contributed by atoms with Crippen molar-refractivity contribution < 1.29 is 9.53 Å². The van der Waals surface area contributed by atoms with Gasteiger partial charge >= 0.3 is 0 Å². The van der Waals surface area contributed by atoms with Gasteiger partial charge in [0, 0.05) is 23.9 Å². The summed E-state index contributed by atoms with van der Waals surface area (Å²) in [5, 5.41) is 3.06. The molecule has 6 nitrogen and oxygen atoms in total. The molecule has 26 heavy (non-hydrogen) atoms. The third kappa shape index (κ3) is 2.94. The fourth-order valence-electron chi connectivity index (χ4n) is 3.00. The van der Waals surface area contributed by atoms with Crippen LogP contribution < -0.4 is 21.3 Å². The van der Waals surface area contributed by atoms with Crippen LogP contribution in [0.4, 0.5) is 0 Å². The Labute approximate surface area is 150 Å². The van der Waals surface area contributed by atoms with Crippen LogP contribution in [0.5, 0.6) is 11.5 Å². The Morgan fingerprint density at radius 1 is 1.08 bits per heavy atom. The predicted octanol–water partition coefficient (Wildman–Crippen LogP) is 2.91. The maximum absolute atomic E-state index is 11.9. The average molecular weight is 346 g/mol. The first-order chi connectivity index (χ1) is 12.8. The standard InChI is InChI=1S/C20H18N4O2/c21-24-20(25)17-10-16-13(11-22-17)12-23-19(16)15-8-4-5-9-18(15)26-14-6-2-1-3-7-14/h1-10,12,22-23H,11,21H2,(H,24,25). The molecular formula is C20H18N4O2. The van der Waals surface area contributed by atoms with Crippen molar-refractivity contribution >= 4 is 12.0 Å². The van der Waals surface area contributed by atoms with Crippen LogP contribution in [-0.2, 0) is 11.3 Å². The topological polar surface area (TPSA) is 92.2 Å². The molecule has 6 heteroatoms. The number of amides is 1. The van der Waals surface area contributed by atoms with Crippen LogP contribution in [0, 0.1) is 0 Å². The minimum Gasteiger partial charge on any atom is -0.457 e. The minimum absolute atomic E-state index is 0.350. The van der Waals surface area contributed by atoms with E-state index in [4.69, 9.17) is 10.6 Å². The van der Waals surface area contributed by atoms with E-state index in [0.29, 0.717) is 12.2 Å². The van der Waals surface area contributed by atoms with Crippen LogP contribution in [0.1, 0.15) is 11.1 Å². The smallest absolute Gasteiger partial charge is 0.281 e. The van der Waals surface area contributed by atoms with E-state index in [2.05, 4.69) is 15.7 Å². The van der Waals surface area contributed by atoms with Gasteiger partial charge in [-0.1, -0.05) is 30.3 Å². The zero-order valence-electron chi connectivity index (χ0n) is 14.0. The van der Waals surface area contributed by atoms with Gasteiger partial charge in [0.15, 0.2) is 0 Å². The average Bonchev–Trinajstić information content (AvgIpc) is 3.11. The van der Waals surface area contributed by atoms with Gasteiger partial charge in [-0.05, 0) is 35.9 Å². The summed E-state index contributed by atoms with van der Waals surface area (Å²) < 4.78 is 6.06. The lowest BCUT2D eigenvalue weighted by atomic mass is 10.0. The molecule has 0 atom stereocenters. The van der Waals surface area contributed by atoms with Gasteiger partial charge in [0.1, 0.15) is 17.2 Å². The van der Waals surface area contributed by atoms with E-state index in [1.54, 1.807) is 6.08 Å². The normalized spacial score (nSPS) is 12.6. The maximum Gasteiger partial charge on any atom is 0.281 e. The molecule has 4 rings (SSSR count). The molecule has 0 saturated carbocycles. The van der Waals surface area contributed by atoms with Crippen molar-refractivity contribution in [3.63, 3.8) is 0 Å². The zero-order chi connectivity index (χ0) is 17.9. The monoisotopic (exact) mass is 346 g/mol. The fraction of sp³-hybridized carbons (Fsp3) is 0.0500. The molecule has 1 amide bonds. The highest BCUT2D eigenvalue weighted by molar-refractivity contribution is 5.99. The number of ether oxygens (including phenoxy) is 1. The summed E-state index contributed by atoms with van der Waals surface area (Å²) in [7, 11) is 0. The van der Waals surface area contributed by atoms with E-state index in [9.17, 15) is 4.79 Å². The van der Waals surface area contributed by atoms with Gasteiger partial charge in [-0.3, -0.25) is 10.2 Å². The number of hydrogen-bond donors (Lipinski definition) is 4. The van der Waals surface area contributed by atoms with Gasteiger partial charge in [0.2, 0.25) is 0 Å². The molecule has 2 aromatic carbocycles. The number of hydrazine groups is 1. The number of rotatable bonds is 4. The maximum atomic E-state index is 11.9. The van der Waals surface area contributed by atoms with Crippen LogP contribution in [0.15, 0.2) is 66.5 Å². The number of nitrogens with one attached hydrogen (secondary N) is 3. The summed E-state index contributed by atoms with van der Waals surface area (Å²) in [6.45, 7) is 0.548. The Morgan fingerprint density at radius 2 is 1.85 bits per heavy atom. The largest absolute Gasteiger partial charge is 0.457 e. The van der Waals surface area contributed by atoms with E-state index >= 15 is 0 Å². The molecule has 0 fully saturated rings. The van der Waals surface area contributed by atoms with Gasteiger partial charge < -0.3 is 15.0 Å².